The summed E-state index contributed by atoms with van der Waals surface area (Å²) in [6.07, 6.45) is 6.03. The molecule has 0 fully saturated rings. The average molecular weight is 212 g/mol. The first kappa shape index (κ1) is 10.4. The molecule has 0 saturated carbocycles. The number of hydrogen-bond acceptors (Lipinski definition) is 3. The minimum absolute atomic E-state index is 0.360. The third-order valence-electron chi connectivity index (χ3n) is 2.05. The zero-order valence-electron chi connectivity index (χ0n) is 8.84. The van der Waals surface area contributed by atoms with Crippen molar-refractivity contribution in [3.63, 3.8) is 0 Å². The van der Waals surface area contributed by atoms with Crippen LogP contribution >= 0.6 is 0 Å². The van der Waals surface area contributed by atoms with Crippen molar-refractivity contribution in [2.75, 3.05) is 0 Å². The van der Waals surface area contributed by atoms with Crippen molar-refractivity contribution < 1.29 is 4.74 Å². The number of ether oxygens (including phenoxy) is 1. The molecule has 0 saturated heterocycles. The van der Waals surface area contributed by atoms with Crippen LogP contribution in [0.4, 0.5) is 0 Å². The van der Waals surface area contributed by atoms with Gasteiger partial charge in [-0.1, -0.05) is 18.2 Å². The summed E-state index contributed by atoms with van der Waals surface area (Å²) in [5.74, 6) is 0.735. The Labute approximate surface area is 94.4 Å². The Morgan fingerprint density at radius 3 is 2.44 bits per heavy atom. The lowest BCUT2D eigenvalue weighted by Gasteiger charge is -2.03. The Bertz CT molecular complexity index is 451. The molecule has 0 unspecified atom stereocenters. The van der Waals surface area contributed by atoms with E-state index in [1.807, 2.05) is 30.3 Å². The van der Waals surface area contributed by atoms with Gasteiger partial charge in [-0.2, -0.15) is 0 Å². The quantitative estimate of drug-likeness (QED) is 0.731. The summed E-state index contributed by atoms with van der Waals surface area (Å²) in [6, 6.07) is 9.91. The van der Waals surface area contributed by atoms with Gasteiger partial charge in [-0.05, 0) is 30.2 Å². The number of allylic oxidation sites excluding steroid dienone is 1. The van der Waals surface area contributed by atoms with E-state index in [0.29, 0.717) is 6.01 Å². The van der Waals surface area contributed by atoms with Crippen LogP contribution in [0.3, 0.4) is 0 Å². The summed E-state index contributed by atoms with van der Waals surface area (Å²) < 4.78 is 5.46. The van der Waals surface area contributed by atoms with Gasteiger partial charge in [-0.15, -0.1) is 6.58 Å². The molecule has 0 aliphatic heterocycles. The molecule has 0 atom stereocenters. The minimum Gasteiger partial charge on any atom is -0.424 e. The fourth-order valence-corrected chi connectivity index (χ4v) is 1.30. The second kappa shape index (κ2) is 5.07. The van der Waals surface area contributed by atoms with E-state index in [1.54, 1.807) is 18.5 Å². The first-order valence-electron chi connectivity index (χ1n) is 5.03. The van der Waals surface area contributed by atoms with Crippen molar-refractivity contribution >= 4 is 0 Å². The van der Waals surface area contributed by atoms with Crippen LogP contribution in [0.5, 0.6) is 11.8 Å². The maximum Gasteiger partial charge on any atom is 0.321 e. The molecule has 80 valence electrons. The van der Waals surface area contributed by atoms with Crippen LogP contribution < -0.4 is 4.74 Å². The highest BCUT2D eigenvalue weighted by atomic mass is 16.5. The minimum atomic E-state index is 0.360. The molecule has 2 rings (SSSR count). The predicted octanol–water partition coefficient (Wildman–Crippen LogP) is 3.00. The van der Waals surface area contributed by atoms with Gasteiger partial charge in [0.1, 0.15) is 5.75 Å². The number of hydrogen-bond donors (Lipinski definition) is 0. The van der Waals surface area contributed by atoms with E-state index in [9.17, 15) is 0 Å². The molecule has 3 nitrogen and oxygen atoms in total. The monoisotopic (exact) mass is 212 g/mol. The van der Waals surface area contributed by atoms with Gasteiger partial charge < -0.3 is 4.74 Å². The molecular weight excluding hydrogens is 200 g/mol. The number of aromatic nitrogens is 2. The van der Waals surface area contributed by atoms with Crippen LogP contribution in [-0.2, 0) is 6.42 Å². The Morgan fingerprint density at radius 2 is 1.81 bits per heavy atom. The van der Waals surface area contributed by atoms with Gasteiger partial charge in [0.05, 0.1) is 0 Å². The Kier molecular flexibility index (Phi) is 3.28. The maximum absolute atomic E-state index is 5.46. The molecular formula is C13H12N2O. The zero-order chi connectivity index (χ0) is 11.2. The highest BCUT2D eigenvalue weighted by Gasteiger charge is 1.98. The molecule has 0 aliphatic rings. The Balaban J connectivity index is 2.08. The highest BCUT2D eigenvalue weighted by Crippen LogP contribution is 2.17. The van der Waals surface area contributed by atoms with Gasteiger partial charge in [0, 0.05) is 12.4 Å². The highest BCUT2D eigenvalue weighted by molar-refractivity contribution is 5.29. The molecule has 0 spiro atoms. The Hall–Kier alpha value is -2.16. The van der Waals surface area contributed by atoms with Gasteiger partial charge in [0.2, 0.25) is 0 Å². The summed E-state index contributed by atoms with van der Waals surface area (Å²) in [5, 5.41) is 0. The molecule has 16 heavy (non-hydrogen) atoms. The standard InChI is InChI=1S/C13H12N2O/c1-2-4-11-5-7-12(8-6-11)16-13-14-9-3-10-15-13/h2-3,5-10H,1,4H2. The SMILES string of the molecule is C=CCc1ccc(Oc2ncccn2)cc1. The summed E-state index contributed by atoms with van der Waals surface area (Å²) in [5.41, 5.74) is 1.20. The predicted molar refractivity (Wildman–Crippen MR) is 62.4 cm³/mol. The van der Waals surface area contributed by atoms with Gasteiger partial charge >= 0.3 is 6.01 Å². The van der Waals surface area contributed by atoms with E-state index in [0.717, 1.165) is 12.2 Å². The van der Waals surface area contributed by atoms with Crippen molar-refractivity contribution in [1.29, 1.82) is 0 Å². The lowest BCUT2D eigenvalue weighted by Crippen LogP contribution is -1.90. The molecule has 3 heteroatoms. The summed E-state index contributed by atoms with van der Waals surface area (Å²) in [7, 11) is 0. The Morgan fingerprint density at radius 1 is 1.12 bits per heavy atom. The molecule has 2 aromatic rings. The second-order valence-electron chi connectivity index (χ2n) is 3.27. The van der Waals surface area contributed by atoms with Crippen molar-refractivity contribution in [3.05, 3.63) is 60.9 Å². The maximum atomic E-state index is 5.46. The zero-order valence-corrected chi connectivity index (χ0v) is 8.84. The topological polar surface area (TPSA) is 35.0 Å². The molecule has 0 radical (unpaired) electrons. The number of benzene rings is 1. The largest absolute Gasteiger partial charge is 0.424 e. The van der Waals surface area contributed by atoms with Crippen LogP contribution in [-0.4, -0.2) is 9.97 Å². The van der Waals surface area contributed by atoms with Gasteiger partial charge in [-0.3, -0.25) is 0 Å². The summed E-state index contributed by atoms with van der Waals surface area (Å²) in [6.45, 7) is 3.69. The van der Waals surface area contributed by atoms with Gasteiger partial charge in [0.25, 0.3) is 0 Å². The first-order chi connectivity index (χ1) is 7.88. The first-order valence-corrected chi connectivity index (χ1v) is 5.03. The van der Waals surface area contributed by atoms with Crippen LogP contribution in [0, 0.1) is 0 Å². The van der Waals surface area contributed by atoms with Crippen molar-refractivity contribution in [2.24, 2.45) is 0 Å². The molecule has 0 N–H and O–H groups in total. The molecule has 1 heterocycles. The van der Waals surface area contributed by atoms with Crippen LogP contribution in [0.15, 0.2) is 55.4 Å². The van der Waals surface area contributed by atoms with E-state index >= 15 is 0 Å². The van der Waals surface area contributed by atoms with Crippen molar-refractivity contribution in [2.45, 2.75) is 6.42 Å². The second-order valence-corrected chi connectivity index (χ2v) is 3.27. The molecule has 1 aromatic carbocycles. The lowest BCUT2D eigenvalue weighted by atomic mass is 10.1. The average Bonchev–Trinajstić information content (AvgIpc) is 2.33. The van der Waals surface area contributed by atoms with Crippen molar-refractivity contribution in [1.82, 2.24) is 9.97 Å². The molecule has 0 bridgehead atoms. The van der Waals surface area contributed by atoms with Gasteiger partial charge in [-0.25, -0.2) is 9.97 Å². The fraction of sp³-hybridized carbons (Fsp3) is 0.0769. The third kappa shape index (κ3) is 2.67. The van der Waals surface area contributed by atoms with Crippen LogP contribution in [0.25, 0.3) is 0 Å². The van der Waals surface area contributed by atoms with Crippen molar-refractivity contribution in [3.8, 4) is 11.8 Å². The molecule has 0 amide bonds. The van der Waals surface area contributed by atoms with E-state index < -0.39 is 0 Å². The van der Waals surface area contributed by atoms with Crippen LogP contribution in [0.1, 0.15) is 5.56 Å². The molecule has 1 aromatic heterocycles. The normalized spacial score (nSPS) is 9.75. The lowest BCUT2D eigenvalue weighted by molar-refractivity contribution is 0.441. The molecule has 0 aliphatic carbocycles. The van der Waals surface area contributed by atoms with E-state index in [-0.39, 0.29) is 0 Å². The van der Waals surface area contributed by atoms with E-state index in [1.165, 1.54) is 5.56 Å². The van der Waals surface area contributed by atoms with Gasteiger partial charge in [0.15, 0.2) is 0 Å². The third-order valence-corrected chi connectivity index (χ3v) is 2.05. The smallest absolute Gasteiger partial charge is 0.321 e. The van der Waals surface area contributed by atoms with E-state index in [4.69, 9.17) is 4.74 Å². The number of rotatable bonds is 4. The van der Waals surface area contributed by atoms with Crippen LogP contribution in [0.2, 0.25) is 0 Å². The fourth-order valence-electron chi connectivity index (χ4n) is 1.30. The van der Waals surface area contributed by atoms with E-state index in [2.05, 4.69) is 16.5 Å². The summed E-state index contributed by atoms with van der Waals surface area (Å²) >= 11 is 0. The summed E-state index contributed by atoms with van der Waals surface area (Å²) in [4.78, 5) is 7.97. The number of nitrogens with zero attached hydrogens (tertiary/aromatic N) is 2.